The van der Waals surface area contributed by atoms with Gasteiger partial charge in [0.05, 0.1) is 5.82 Å². The van der Waals surface area contributed by atoms with Gasteiger partial charge in [-0.05, 0) is 42.8 Å². The molecule has 0 radical (unpaired) electrons. The Labute approximate surface area is 298 Å². The van der Waals surface area contributed by atoms with Crippen molar-refractivity contribution in [2.45, 2.75) is 6.92 Å². The van der Waals surface area contributed by atoms with E-state index in [0.29, 0.717) is 48.0 Å². The number of amides is 1. The maximum Gasteiger partial charge on any atom is 1.00 e. The summed E-state index contributed by atoms with van der Waals surface area (Å²) in [5.74, 6) is 1.87. The fraction of sp³-hybridized carbons (Fsp3) is 0.125. The number of nitrogens with zero attached hydrogens (tertiary/aromatic N) is 5. The summed E-state index contributed by atoms with van der Waals surface area (Å²) in [5, 5.41) is 12.7. The molecular formula is C32H33Li3N6O3-6. The fourth-order valence-electron chi connectivity index (χ4n) is 3.36. The van der Waals surface area contributed by atoms with Crippen LogP contribution in [-0.2, 0) is 4.79 Å². The molecule has 2 aromatic carbocycles. The SMILES string of the molecule is [CH-]=C/C(=C\[C-]=NC=[N-])Oc1ccc(Nc2ncnc3cc(OC[CH-]CN(C[CH2-])C(=O)/C=C/[CH2-])[c-]cc23)cc1C.[CH3-].[CH3-].[Li+].[Li+].[Li+]. The zero-order valence-electron chi connectivity index (χ0n) is 26.5. The van der Waals surface area contributed by atoms with Gasteiger partial charge in [-0.2, -0.15) is 12.1 Å². The van der Waals surface area contributed by atoms with Gasteiger partial charge in [0.2, 0.25) is 0 Å². The second kappa shape index (κ2) is 24.2. The average Bonchev–Trinajstić information content (AvgIpc) is 2.94. The average molecular weight is 570 g/mol. The first kappa shape index (κ1) is 45.3. The molecule has 0 saturated carbocycles. The number of benzene rings is 2. The van der Waals surface area contributed by atoms with Crippen LogP contribution in [0.25, 0.3) is 16.3 Å². The summed E-state index contributed by atoms with van der Waals surface area (Å²) < 4.78 is 11.5. The molecule has 1 N–H and O–H groups in total. The molecule has 12 heteroatoms. The Bertz CT molecular complexity index is 1410. The molecule has 218 valence electrons. The van der Waals surface area contributed by atoms with Crippen molar-refractivity contribution in [2.24, 2.45) is 4.99 Å². The number of allylic oxidation sites excluding steroid dienone is 3. The van der Waals surface area contributed by atoms with Crippen LogP contribution in [0.15, 0.2) is 71.7 Å². The van der Waals surface area contributed by atoms with E-state index in [0.717, 1.165) is 16.6 Å². The van der Waals surface area contributed by atoms with Gasteiger partial charge in [-0.1, -0.05) is 5.39 Å². The topological polar surface area (TPSA) is 111 Å². The van der Waals surface area contributed by atoms with Crippen LogP contribution in [0.1, 0.15) is 5.56 Å². The molecular weight excluding hydrogens is 537 g/mol. The number of aryl methyl sites for hydroxylation is 1. The van der Waals surface area contributed by atoms with Crippen LogP contribution in [-0.4, -0.2) is 53.0 Å². The summed E-state index contributed by atoms with van der Waals surface area (Å²) in [7, 11) is 0. The van der Waals surface area contributed by atoms with Crippen LogP contribution in [0.3, 0.4) is 0 Å². The Hall–Kier alpha value is -3.13. The number of carbonyl (C=O) groups is 1. The molecule has 0 saturated heterocycles. The van der Waals surface area contributed by atoms with E-state index in [1.807, 2.05) is 25.5 Å². The molecule has 1 amide bonds. The molecule has 0 aliphatic carbocycles. The van der Waals surface area contributed by atoms with Gasteiger partial charge in [0.1, 0.15) is 12.1 Å². The van der Waals surface area contributed by atoms with Crippen LogP contribution in [0, 0.1) is 54.7 Å². The normalized spacial score (nSPS) is 10.3. The third-order valence-electron chi connectivity index (χ3n) is 5.26. The molecule has 3 aromatic rings. The maximum atomic E-state index is 11.9. The molecule has 0 bridgehead atoms. The summed E-state index contributed by atoms with van der Waals surface area (Å²) in [6.07, 6.45) is 11.9. The third-order valence-corrected chi connectivity index (χ3v) is 5.26. The van der Waals surface area contributed by atoms with Crippen LogP contribution < -0.4 is 71.4 Å². The number of carbonyl (C=O) groups excluding carboxylic acids is 1. The summed E-state index contributed by atoms with van der Waals surface area (Å²) in [4.78, 5) is 25.7. The minimum atomic E-state index is -0.153. The van der Waals surface area contributed by atoms with E-state index >= 15 is 0 Å². The number of ether oxygens (including phenoxy) is 2. The van der Waals surface area contributed by atoms with Crippen molar-refractivity contribution in [3.63, 3.8) is 0 Å². The first-order chi connectivity index (χ1) is 19.0. The smallest absolute Gasteiger partial charge is 0.577 e. The van der Waals surface area contributed by atoms with Crippen LogP contribution in [0.4, 0.5) is 11.5 Å². The quantitative estimate of drug-likeness (QED) is 0.0320. The fourth-order valence-corrected chi connectivity index (χ4v) is 3.36. The van der Waals surface area contributed by atoms with Gasteiger partial charge in [0.25, 0.3) is 0 Å². The molecule has 0 aliphatic heterocycles. The van der Waals surface area contributed by atoms with E-state index in [1.165, 1.54) is 30.6 Å². The molecule has 0 spiro atoms. The monoisotopic (exact) mass is 570 g/mol. The zero-order valence-corrected chi connectivity index (χ0v) is 26.5. The number of hydrogen-bond acceptors (Lipinski definition) is 6. The maximum absolute atomic E-state index is 11.9. The summed E-state index contributed by atoms with van der Waals surface area (Å²) >= 11 is 0. The van der Waals surface area contributed by atoms with Crippen molar-refractivity contribution >= 4 is 40.9 Å². The van der Waals surface area contributed by atoms with Gasteiger partial charge in [0.15, 0.2) is 5.91 Å². The first-order valence-corrected chi connectivity index (χ1v) is 11.9. The summed E-state index contributed by atoms with van der Waals surface area (Å²) in [6, 6.07) is 12.2. The van der Waals surface area contributed by atoms with Crippen LogP contribution >= 0.6 is 0 Å². The predicted molar refractivity (Wildman–Crippen MR) is 166 cm³/mol. The minimum absolute atomic E-state index is 0. The molecule has 0 fully saturated rings. The first-order valence-electron chi connectivity index (χ1n) is 11.9. The molecule has 0 aliphatic rings. The van der Waals surface area contributed by atoms with Crippen molar-refractivity contribution in [1.29, 1.82) is 0 Å². The van der Waals surface area contributed by atoms with Gasteiger partial charge in [-0.15, -0.1) is 37.4 Å². The standard InChI is InChI=1S/C30H27N6O3.2CH3.3Li/c1-5-9-29(37)36(7-3)16-8-17-38-25-11-12-26-27(19-25)33-21-34-30(26)35-23-10-13-28(22(4)18-23)39-24(6-2)14-15-32-20-31;;;;;/h2,5-6,8-10,12-14,18-21H,1,3,7,16-17H2,4H3,(H,33,34,35);2*1H3;;;/q-7;2*-1;3*+1/b9-5+,24-14+;;;;;. The molecule has 1 aromatic heterocycles. The van der Waals surface area contributed by atoms with Crippen LogP contribution in [0.2, 0.25) is 0 Å². The number of hydrogen-bond donors (Lipinski definition) is 1. The van der Waals surface area contributed by atoms with E-state index in [-0.39, 0.29) is 83.9 Å². The van der Waals surface area contributed by atoms with Crippen molar-refractivity contribution in [3.8, 4) is 11.5 Å². The Morgan fingerprint density at radius 3 is 2.66 bits per heavy atom. The molecule has 3 rings (SSSR count). The second-order valence-corrected chi connectivity index (χ2v) is 7.90. The second-order valence-electron chi connectivity index (χ2n) is 7.90. The van der Waals surface area contributed by atoms with E-state index in [4.69, 9.17) is 21.5 Å². The number of aromatic nitrogens is 2. The molecule has 0 unspecified atom stereocenters. The van der Waals surface area contributed by atoms with Crippen molar-refractivity contribution < 1.29 is 70.9 Å². The Morgan fingerprint density at radius 2 is 2.02 bits per heavy atom. The number of nitrogens with one attached hydrogen (secondary N) is 1. The summed E-state index contributed by atoms with van der Waals surface area (Å²) in [6.45, 7) is 15.8. The van der Waals surface area contributed by atoms with Crippen molar-refractivity contribution in [2.75, 3.05) is 25.0 Å². The van der Waals surface area contributed by atoms with E-state index in [1.54, 1.807) is 23.1 Å². The molecule has 44 heavy (non-hydrogen) atoms. The molecule has 0 atom stereocenters. The number of rotatable bonds is 14. The predicted octanol–water partition coefficient (Wildman–Crippen LogP) is -3.17. The van der Waals surface area contributed by atoms with Gasteiger partial charge in [-0.3, -0.25) is 22.8 Å². The number of fused-ring (bicyclic) bond motifs is 1. The Balaban J connectivity index is -0.00000336. The zero-order chi connectivity index (χ0) is 28.0. The van der Waals surface area contributed by atoms with Gasteiger partial charge in [0, 0.05) is 17.2 Å². The number of anilines is 2. The van der Waals surface area contributed by atoms with E-state index in [9.17, 15) is 4.79 Å². The largest absolute Gasteiger partial charge is 1.00 e. The van der Waals surface area contributed by atoms with Gasteiger partial charge < -0.3 is 51.9 Å². The van der Waals surface area contributed by atoms with Gasteiger partial charge in [-0.25, -0.2) is 30.5 Å². The molecule has 1 heterocycles. The minimum Gasteiger partial charge on any atom is -0.577 e. The van der Waals surface area contributed by atoms with Crippen LogP contribution in [0.5, 0.6) is 11.5 Å². The Kier molecular flexibility index (Phi) is 24.9. The number of aliphatic imine (C=N–C) groups is 1. The van der Waals surface area contributed by atoms with Crippen molar-refractivity contribution in [1.82, 2.24) is 14.9 Å². The van der Waals surface area contributed by atoms with Crippen molar-refractivity contribution in [3.05, 3.63) is 125 Å². The third kappa shape index (κ3) is 13.7. The summed E-state index contributed by atoms with van der Waals surface area (Å²) in [5.41, 5.74) is 2.31. The molecule has 9 nitrogen and oxygen atoms in total. The Morgan fingerprint density at radius 1 is 1.27 bits per heavy atom. The van der Waals surface area contributed by atoms with Gasteiger partial charge >= 0.3 is 56.6 Å². The van der Waals surface area contributed by atoms with E-state index in [2.05, 4.69) is 46.4 Å². The van der Waals surface area contributed by atoms with E-state index < -0.39 is 0 Å².